The van der Waals surface area contributed by atoms with Gasteiger partial charge in [-0.1, -0.05) is 36.0 Å². The van der Waals surface area contributed by atoms with Gasteiger partial charge in [-0.05, 0) is 43.2 Å². The third-order valence-electron chi connectivity index (χ3n) is 4.89. The van der Waals surface area contributed by atoms with Gasteiger partial charge in [0.05, 0.1) is 5.54 Å². The monoisotopic (exact) mass is 376 g/mol. The van der Waals surface area contributed by atoms with Crippen LogP contribution in [0, 0.1) is 0 Å². The van der Waals surface area contributed by atoms with Crippen LogP contribution in [0.3, 0.4) is 0 Å². The van der Waals surface area contributed by atoms with Crippen molar-refractivity contribution in [2.24, 2.45) is 10.7 Å². The van der Waals surface area contributed by atoms with Crippen molar-refractivity contribution in [2.75, 3.05) is 11.1 Å². The van der Waals surface area contributed by atoms with Crippen molar-refractivity contribution in [3.63, 3.8) is 0 Å². The number of nitrogens with zero attached hydrogens (tertiary/aromatic N) is 2. The Hall–Kier alpha value is -2.86. The Balaban J connectivity index is 1.57. The molecule has 2 heterocycles. The normalized spacial score (nSPS) is 19.5. The van der Waals surface area contributed by atoms with Crippen LogP contribution in [0.5, 0.6) is 0 Å². The van der Waals surface area contributed by atoms with E-state index in [0.29, 0.717) is 10.7 Å². The molecule has 6 heteroatoms. The second-order valence-electron chi connectivity index (χ2n) is 6.76. The summed E-state index contributed by atoms with van der Waals surface area (Å²) in [6, 6.07) is 15.3. The predicted molar refractivity (Wildman–Crippen MR) is 112 cm³/mol. The zero-order valence-corrected chi connectivity index (χ0v) is 15.8. The van der Waals surface area contributed by atoms with E-state index >= 15 is 0 Å². The molecule has 2 aromatic carbocycles. The number of anilines is 1. The topological polar surface area (TPSA) is 80.4 Å². The molecule has 3 aromatic rings. The number of benzene rings is 2. The molecule has 1 amide bonds. The first-order valence-corrected chi connectivity index (χ1v) is 9.76. The van der Waals surface area contributed by atoms with E-state index in [-0.39, 0.29) is 11.4 Å². The Morgan fingerprint density at radius 1 is 1.19 bits per heavy atom. The van der Waals surface area contributed by atoms with Crippen LogP contribution >= 0.6 is 11.8 Å². The number of carbonyl (C=O) groups excluding carboxylic acids is 1. The van der Waals surface area contributed by atoms with E-state index in [1.54, 1.807) is 24.2 Å². The van der Waals surface area contributed by atoms with E-state index in [1.165, 1.54) is 0 Å². The lowest BCUT2D eigenvalue weighted by Crippen LogP contribution is -2.28. The molecule has 0 saturated heterocycles. The number of thioether (sulfide) groups is 1. The summed E-state index contributed by atoms with van der Waals surface area (Å²) in [5.74, 6) is 0.808. The largest absolute Gasteiger partial charge is 0.379 e. The number of nitrogens with one attached hydrogen (secondary N) is 1. The molecule has 5 nitrogen and oxygen atoms in total. The molecule has 0 radical (unpaired) electrons. The SMILES string of the molecule is CC1(c2ccc(C(=O)Nc3cccc4cnccc34)cc2)CCSC(N)=N1. The Kier molecular flexibility index (Phi) is 4.58. The molecule has 0 spiro atoms. The second-order valence-corrected chi connectivity index (χ2v) is 7.87. The summed E-state index contributed by atoms with van der Waals surface area (Å²) >= 11 is 1.58. The molecular formula is C21H20N4OS. The fourth-order valence-electron chi connectivity index (χ4n) is 3.30. The molecule has 0 saturated carbocycles. The van der Waals surface area contributed by atoms with Gasteiger partial charge in [0.15, 0.2) is 5.17 Å². The molecular weight excluding hydrogens is 356 g/mol. The van der Waals surface area contributed by atoms with Crippen molar-refractivity contribution in [3.8, 4) is 0 Å². The molecule has 1 aromatic heterocycles. The average molecular weight is 376 g/mol. The molecule has 136 valence electrons. The molecule has 0 fully saturated rings. The van der Waals surface area contributed by atoms with Gasteiger partial charge < -0.3 is 11.1 Å². The van der Waals surface area contributed by atoms with Crippen molar-refractivity contribution in [1.82, 2.24) is 4.98 Å². The van der Waals surface area contributed by atoms with Crippen LogP contribution in [0.2, 0.25) is 0 Å². The highest BCUT2D eigenvalue weighted by Gasteiger charge is 2.29. The summed E-state index contributed by atoms with van der Waals surface area (Å²) in [7, 11) is 0. The van der Waals surface area contributed by atoms with Crippen molar-refractivity contribution in [1.29, 1.82) is 0 Å². The zero-order valence-electron chi connectivity index (χ0n) is 15.0. The summed E-state index contributed by atoms with van der Waals surface area (Å²) in [6.45, 7) is 2.08. The van der Waals surface area contributed by atoms with E-state index in [9.17, 15) is 4.79 Å². The summed E-state index contributed by atoms with van der Waals surface area (Å²) in [5.41, 5.74) is 8.03. The maximum Gasteiger partial charge on any atom is 0.255 e. The van der Waals surface area contributed by atoms with E-state index in [2.05, 4.69) is 22.2 Å². The first-order chi connectivity index (χ1) is 13.0. The summed E-state index contributed by atoms with van der Waals surface area (Å²) in [4.78, 5) is 21.4. The molecule has 1 aliphatic heterocycles. The lowest BCUT2D eigenvalue weighted by molar-refractivity contribution is 0.102. The van der Waals surface area contributed by atoms with E-state index in [0.717, 1.165) is 34.2 Å². The minimum atomic E-state index is -0.326. The number of aromatic nitrogens is 1. The third kappa shape index (κ3) is 3.53. The Morgan fingerprint density at radius 3 is 2.78 bits per heavy atom. The number of aliphatic imine (C=N–C) groups is 1. The number of amides is 1. The van der Waals surface area contributed by atoms with Gasteiger partial charge >= 0.3 is 0 Å². The number of fused-ring (bicyclic) bond motifs is 1. The van der Waals surface area contributed by atoms with Gasteiger partial charge in [0.25, 0.3) is 5.91 Å². The van der Waals surface area contributed by atoms with Crippen LogP contribution in [-0.2, 0) is 5.54 Å². The lowest BCUT2D eigenvalue weighted by Gasteiger charge is -2.29. The number of amidine groups is 1. The molecule has 3 N–H and O–H groups in total. The van der Waals surface area contributed by atoms with E-state index in [4.69, 9.17) is 5.73 Å². The fraction of sp³-hybridized carbons (Fsp3) is 0.190. The number of rotatable bonds is 3. The summed E-state index contributed by atoms with van der Waals surface area (Å²) in [6.07, 6.45) is 4.44. The smallest absolute Gasteiger partial charge is 0.255 e. The molecule has 27 heavy (non-hydrogen) atoms. The minimum Gasteiger partial charge on any atom is -0.379 e. The van der Waals surface area contributed by atoms with Gasteiger partial charge in [-0.15, -0.1) is 0 Å². The summed E-state index contributed by atoms with van der Waals surface area (Å²) < 4.78 is 0. The molecule has 1 unspecified atom stereocenters. The van der Waals surface area contributed by atoms with Gasteiger partial charge in [0, 0.05) is 40.2 Å². The van der Waals surface area contributed by atoms with Crippen LogP contribution in [0.15, 0.2) is 65.9 Å². The van der Waals surface area contributed by atoms with Crippen LogP contribution in [0.1, 0.15) is 29.3 Å². The highest BCUT2D eigenvalue weighted by Crippen LogP contribution is 2.35. The number of pyridine rings is 1. The highest BCUT2D eigenvalue weighted by molar-refractivity contribution is 8.13. The Bertz CT molecular complexity index is 1030. The average Bonchev–Trinajstić information content (AvgIpc) is 2.68. The van der Waals surface area contributed by atoms with Crippen LogP contribution in [0.25, 0.3) is 10.8 Å². The molecule has 0 bridgehead atoms. The highest BCUT2D eigenvalue weighted by atomic mass is 32.2. The standard InChI is InChI=1S/C21H20N4OS/c1-21(10-12-27-20(22)25-21)16-7-5-14(6-8-16)19(26)24-18-4-2-3-15-13-23-11-9-17(15)18/h2-9,11,13H,10,12H2,1H3,(H2,22,25)(H,24,26). The van der Waals surface area contributed by atoms with Gasteiger partial charge in [0.1, 0.15) is 0 Å². The predicted octanol–water partition coefficient (Wildman–Crippen LogP) is 4.15. The van der Waals surface area contributed by atoms with Crippen molar-refractivity contribution >= 4 is 39.3 Å². The first-order valence-electron chi connectivity index (χ1n) is 8.78. The Labute approximate surface area is 162 Å². The fourth-order valence-corrected chi connectivity index (χ4v) is 4.28. The van der Waals surface area contributed by atoms with Gasteiger partial charge in [-0.2, -0.15) is 0 Å². The number of hydrogen-bond donors (Lipinski definition) is 2. The van der Waals surface area contributed by atoms with Gasteiger partial charge in [0.2, 0.25) is 0 Å². The number of hydrogen-bond acceptors (Lipinski definition) is 5. The lowest BCUT2D eigenvalue weighted by atomic mass is 9.89. The van der Waals surface area contributed by atoms with Crippen molar-refractivity contribution < 1.29 is 4.79 Å². The minimum absolute atomic E-state index is 0.141. The van der Waals surface area contributed by atoms with Gasteiger partial charge in [-0.3, -0.25) is 14.8 Å². The zero-order chi connectivity index (χ0) is 18.9. The van der Waals surface area contributed by atoms with Crippen LogP contribution in [0.4, 0.5) is 5.69 Å². The molecule has 4 rings (SSSR count). The molecule has 1 atom stereocenters. The third-order valence-corrected chi connectivity index (χ3v) is 5.69. The Morgan fingerprint density at radius 2 is 2.00 bits per heavy atom. The maximum absolute atomic E-state index is 12.7. The number of carbonyl (C=O) groups is 1. The van der Waals surface area contributed by atoms with E-state index in [1.807, 2.05) is 48.5 Å². The van der Waals surface area contributed by atoms with E-state index < -0.39 is 0 Å². The van der Waals surface area contributed by atoms with Crippen LogP contribution in [-0.4, -0.2) is 21.8 Å². The summed E-state index contributed by atoms with van der Waals surface area (Å²) in [5, 5.41) is 5.58. The first kappa shape index (κ1) is 17.5. The molecule has 0 aliphatic carbocycles. The van der Waals surface area contributed by atoms with Crippen LogP contribution < -0.4 is 11.1 Å². The quantitative estimate of drug-likeness (QED) is 0.719. The second kappa shape index (κ2) is 7.04. The van der Waals surface area contributed by atoms with Gasteiger partial charge in [-0.25, -0.2) is 0 Å². The maximum atomic E-state index is 12.7. The van der Waals surface area contributed by atoms with Crippen molar-refractivity contribution in [3.05, 3.63) is 72.1 Å². The molecule has 1 aliphatic rings. The van der Waals surface area contributed by atoms with Crippen molar-refractivity contribution in [2.45, 2.75) is 18.9 Å². The number of nitrogens with two attached hydrogens (primary N) is 1.